The molecule has 2 aliphatic heterocycles. The van der Waals surface area contributed by atoms with E-state index in [-0.39, 0.29) is 22.4 Å². The predicted octanol–water partition coefficient (Wildman–Crippen LogP) is 5.26. The van der Waals surface area contributed by atoms with E-state index in [0.717, 1.165) is 12.8 Å². The van der Waals surface area contributed by atoms with Crippen LogP contribution >= 0.6 is 11.6 Å². The smallest absolute Gasteiger partial charge is 0.395 e. The second-order valence-corrected chi connectivity index (χ2v) is 6.63. The summed E-state index contributed by atoms with van der Waals surface area (Å²) in [5.74, 6) is -0.107. The molecule has 6 nitrogen and oxygen atoms in total. The summed E-state index contributed by atoms with van der Waals surface area (Å²) < 4.78 is 40.6. The number of carbonyl (C=O) groups excluding carboxylic acids is 1. The SMILES string of the molecule is CC.O=C(Nc1ccc(-c2cc3c(cc2Cl)OC(F)(F)O3)cn1)C1CCCCO1. The van der Waals surface area contributed by atoms with E-state index in [2.05, 4.69) is 19.8 Å². The van der Waals surface area contributed by atoms with Gasteiger partial charge in [-0.3, -0.25) is 4.79 Å². The molecule has 1 N–H and O–H groups in total. The number of alkyl halides is 2. The van der Waals surface area contributed by atoms with Crippen LogP contribution in [0, 0.1) is 0 Å². The first-order valence-electron chi connectivity index (χ1n) is 9.39. The normalized spacial score (nSPS) is 19.1. The van der Waals surface area contributed by atoms with Gasteiger partial charge in [-0.05, 0) is 37.5 Å². The highest BCUT2D eigenvalue weighted by Gasteiger charge is 2.43. The van der Waals surface area contributed by atoms with Crippen molar-refractivity contribution in [3.05, 3.63) is 35.5 Å². The number of benzene rings is 1. The van der Waals surface area contributed by atoms with Crippen LogP contribution in [0.4, 0.5) is 14.6 Å². The maximum absolute atomic E-state index is 13.2. The zero-order valence-electron chi connectivity index (χ0n) is 16.0. The molecule has 2 aliphatic rings. The average molecular weight is 427 g/mol. The van der Waals surface area contributed by atoms with Crippen molar-refractivity contribution >= 4 is 23.3 Å². The number of hydrogen-bond donors (Lipinski definition) is 1. The van der Waals surface area contributed by atoms with Crippen molar-refractivity contribution in [3.8, 4) is 22.6 Å². The molecule has 29 heavy (non-hydrogen) atoms. The summed E-state index contributed by atoms with van der Waals surface area (Å²) in [6.45, 7) is 4.58. The Hall–Kier alpha value is -2.45. The molecule has 1 fully saturated rings. The summed E-state index contributed by atoms with van der Waals surface area (Å²) in [5, 5.41) is 2.92. The molecular weight excluding hydrogens is 406 g/mol. The second-order valence-electron chi connectivity index (χ2n) is 6.22. The molecular formula is C20H21ClF2N2O4. The fourth-order valence-electron chi connectivity index (χ4n) is 2.97. The Balaban J connectivity index is 0.00000117. The van der Waals surface area contributed by atoms with E-state index in [1.807, 2.05) is 13.8 Å². The Bertz CT molecular complexity index is 872. The molecule has 0 aliphatic carbocycles. The summed E-state index contributed by atoms with van der Waals surface area (Å²) in [6, 6.07) is 5.91. The Morgan fingerprint density at radius 1 is 1.21 bits per heavy atom. The number of amides is 1. The van der Waals surface area contributed by atoms with Crippen molar-refractivity contribution in [2.24, 2.45) is 0 Å². The first-order chi connectivity index (χ1) is 13.9. The molecule has 156 valence electrons. The van der Waals surface area contributed by atoms with Crippen molar-refractivity contribution in [3.63, 3.8) is 0 Å². The molecule has 0 spiro atoms. The molecule has 1 aromatic carbocycles. The number of hydrogen-bond acceptors (Lipinski definition) is 5. The van der Waals surface area contributed by atoms with Crippen molar-refractivity contribution in [1.29, 1.82) is 0 Å². The number of aromatic nitrogens is 1. The van der Waals surface area contributed by atoms with Crippen molar-refractivity contribution < 1.29 is 27.8 Å². The fraction of sp³-hybridized carbons (Fsp3) is 0.400. The largest absolute Gasteiger partial charge is 0.586 e. The number of carbonyl (C=O) groups is 1. The standard InChI is InChI=1S/C18H15ClF2N2O4.C2H6/c19-12-8-15-14(26-18(20,21)27-15)7-11(12)10-4-5-16(22-9-10)23-17(24)13-3-1-2-6-25-13;1-2/h4-5,7-9,13H,1-3,6H2,(H,22,23,24);1-2H3. The molecule has 0 radical (unpaired) electrons. The summed E-state index contributed by atoms with van der Waals surface area (Å²) in [5.41, 5.74) is 1.03. The molecule has 0 saturated carbocycles. The van der Waals surface area contributed by atoms with Gasteiger partial charge in [-0.15, -0.1) is 8.78 Å². The Morgan fingerprint density at radius 2 is 1.93 bits per heavy atom. The number of fused-ring (bicyclic) bond motifs is 1. The number of rotatable bonds is 3. The van der Waals surface area contributed by atoms with Crippen molar-refractivity contribution in [2.45, 2.75) is 45.5 Å². The van der Waals surface area contributed by atoms with E-state index in [9.17, 15) is 13.6 Å². The van der Waals surface area contributed by atoms with Crippen molar-refractivity contribution in [2.75, 3.05) is 11.9 Å². The monoisotopic (exact) mass is 426 g/mol. The van der Waals surface area contributed by atoms with E-state index in [0.29, 0.717) is 30.0 Å². The number of ether oxygens (including phenoxy) is 3. The van der Waals surface area contributed by atoms with Crippen LogP contribution in [-0.2, 0) is 9.53 Å². The molecule has 9 heteroatoms. The van der Waals surface area contributed by atoms with Gasteiger partial charge in [-0.25, -0.2) is 4.98 Å². The van der Waals surface area contributed by atoms with Gasteiger partial charge in [0.2, 0.25) is 0 Å². The number of anilines is 1. The fourth-order valence-corrected chi connectivity index (χ4v) is 3.24. The van der Waals surface area contributed by atoms with Gasteiger partial charge in [-0.1, -0.05) is 25.4 Å². The predicted molar refractivity (Wildman–Crippen MR) is 104 cm³/mol. The average Bonchev–Trinajstić information content (AvgIpc) is 3.03. The summed E-state index contributed by atoms with van der Waals surface area (Å²) in [7, 11) is 0. The molecule has 4 rings (SSSR count). The third-order valence-electron chi connectivity index (χ3n) is 4.29. The van der Waals surface area contributed by atoms with Crippen LogP contribution in [-0.4, -0.2) is 29.9 Å². The highest BCUT2D eigenvalue weighted by atomic mass is 35.5. The minimum atomic E-state index is -3.71. The lowest BCUT2D eigenvalue weighted by atomic mass is 10.1. The molecule has 0 bridgehead atoms. The van der Waals surface area contributed by atoms with Crippen LogP contribution in [0.25, 0.3) is 11.1 Å². The molecule has 3 heterocycles. The Morgan fingerprint density at radius 3 is 2.55 bits per heavy atom. The van der Waals surface area contributed by atoms with E-state index >= 15 is 0 Å². The first-order valence-corrected chi connectivity index (χ1v) is 9.77. The molecule has 1 unspecified atom stereocenters. The maximum Gasteiger partial charge on any atom is 0.586 e. The molecule has 1 amide bonds. The number of nitrogens with zero attached hydrogens (tertiary/aromatic N) is 1. The molecule has 1 aromatic heterocycles. The van der Waals surface area contributed by atoms with Crippen LogP contribution in [0.2, 0.25) is 5.02 Å². The van der Waals surface area contributed by atoms with Crippen LogP contribution in [0.5, 0.6) is 11.5 Å². The quantitative estimate of drug-likeness (QED) is 0.725. The van der Waals surface area contributed by atoms with Gasteiger partial charge in [0.1, 0.15) is 11.9 Å². The van der Waals surface area contributed by atoms with Gasteiger partial charge in [0.05, 0.1) is 5.02 Å². The maximum atomic E-state index is 13.2. The van der Waals surface area contributed by atoms with E-state index in [4.69, 9.17) is 16.3 Å². The zero-order chi connectivity index (χ0) is 21.0. The van der Waals surface area contributed by atoms with Crippen LogP contribution in [0.15, 0.2) is 30.5 Å². The summed E-state index contributed by atoms with van der Waals surface area (Å²) >= 11 is 6.17. The number of halogens is 3. The minimum Gasteiger partial charge on any atom is -0.395 e. The summed E-state index contributed by atoms with van der Waals surface area (Å²) in [6.07, 6.45) is -0.103. The van der Waals surface area contributed by atoms with Gasteiger partial charge < -0.3 is 19.5 Å². The van der Waals surface area contributed by atoms with Crippen molar-refractivity contribution in [1.82, 2.24) is 4.98 Å². The van der Waals surface area contributed by atoms with E-state index in [1.54, 1.807) is 12.1 Å². The van der Waals surface area contributed by atoms with Gasteiger partial charge in [0.15, 0.2) is 11.5 Å². The van der Waals surface area contributed by atoms with Crippen LogP contribution < -0.4 is 14.8 Å². The topological polar surface area (TPSA) is 69.7 Å². The van der Waals surface area contributed by atoms with Gasteiger partial charge in [0.25, 0.3) is 5.91 Å². The van der Waals surface area contributed by atoms with Crippen LogP contribution in [0.1, 0.15) is 33.1 Å². The van der Waals surface area contributed by atoms with Gasteiger partial charge in [-0.2, -0.15) is 0 Å². The van der Waals surface area contributed by atoms with Gasteiger partial charge in [0, 0.05) is 30.0 Å². The lowest BCUT2D eigenvalue weighted by molar-refractivity contribution is -0.286. The third kappa shape index (κ3) is 4.94. The van der Waals surface area contributed by atoms with Crippen LogP contribution in [0.3, 0.4) is 0 Å². The highest BCUT2D eigenvalue weighted by Crippen LogP contribution is 2.46. The molecule has 2 aromatic rings. The minimum absolute atomic E-state index is 0.105. The second kappa shape index (κ2) is 8.92. The Labute approximate surface area is 172 Å². The Kier molecular flexibility index (Phi) is 6.54. The highest BCUT2D eigenvalue weighted by molar-refractivity contribution is 6.33. The first kappa shape index (κ1) is 21.3. The third-order valence-corrected chi connectivity index (χ3v) is 4.60. The van der Waals surface area contributed by atoms with E-state index < -0.39 is 12.4 Å². The van der Waals surface area contributed by atoms with E-state index in [1.165, 1.54) is 18.3 Å². The number of pyridine rings is 1. The summed E-state index contributed by atoms with van der Waals surface area (Å²) in [4.78, 5) is 16.4. The lowest BCUT2D eigenvalue weighted by Gasteiger charge is -2.21. The lowest BCUT2D eigenvalue weighted by Crippen LogP contribution is -2.33. The molecule has 1 saturated heterocycles. The zero-order valence-corrected chi connectivity index (χ0v) is 16.8. The number of nitrogens with one attached hydrogen (secondary N) is 1. The van der Waals surface area contributed by atoms with Gasteiger partial charge >= 0.3 is 6.29 Å². The molecule has 1 atom stereocenters.